The van der Waals surface area contributed by atoms with Crippen LogP contribution in [0.5, 0.6) is 0 Å². The fourth-order valence-corrected chi connectivity index (χ4v) is 3.54. The van der Waals surface area contributed by atoms with Crippen LogP contribution in [0.3, 0.4) is 0 Å². The van der Waals surface area contributed by atoms with Gasteiger partial charge in [0.05, 0.1) is 11.7 Å². The molecule has 4 N–H and O–H groups in total. The van der Waals surface area contributed by atoms with Crippen LogP contribution in [-0.4, -0.2) is 45.5 Å². The van der Waals surface area contributed by atoms with Gasteiger partial charge in [-0.1, -0.05) is 6.92 Å². The summed E-state index contributed by atoms with van der Waals surface area (Å²) in [6.45, 7) is 5.63. The van der Waals surface area contributed by atoms with E-state index in [1.54, 1.807) is 6.20 Å². The number of nitrogen functional groups attached to an aromatic ring is 1. The molecule has 0 saturated carbocycles. The number of H-pyrrole nitrogens is 1. The van der Waals surface area contributed by atoms with Crippen molar-refractivity contribution in [1.82, 2.24) is 19.9 Å². The first-order valence-corrected chi connectivity index (χ1v) is 8.25. The number of piperidine rings is 1. The largest absolute Gasteiger partial charge is 0.384 e. The number of anilines is 2. The first kappa shape index (κ1) is 14.3. The van der Waals surface area contributed by atoms with Gasteiger partial charge in [-0.3, -0.25) is 0 Å². The van der Waals surface area contributed by atoms with E-state index < -0.39 is 0 Å². The van der Waals surface area contributed by atoms with Crippen LogP contribution < -0.4 is 11.1 Å². The minimum Gasteiger partial charge on any atom is -0.384 e. The Kier molecular flexibility index (Phi) is 3.53. The zero-order valence-corrected chi connectivity index (χ0v) is 13.3. The second-order valence-electron chi connectivity index (χ2n) is 6.24. The van der Waals surface area contributed by atoms with E-state index in [4.69, 9.17) is 5.73 Å². The van der Waals surface area contributed by atoms with E-state index in [2.05, 4.69) is 38.2 Å². The highest BCUT2D eigenvalue weighted by atomic mass is 15.2. The Bertz CT molecular complexity index is 840. The van der Waals surface area contributed by atoms with Crippen LogP contribution in [0.25, 0.3) is 21.9 Å². The Hall–Kier alpha value is -2.34. The zero-order valence-electron chi connectivity index (χ0n) is 13.3. The lowest BCUT2D eigenvalue weighted by molar-refractivity contribution is 0.227. The Balaban J connectivity index is 1.74. The number of fused-ring (bicyclic) bond motifs is 3. The smallest absolute Gasteiger partial charge is 0.140 e. The molecule has 4 rings (SSSR count). The molecule has 1 aliphatic heterocycles. The Morgan fingerprint density at radius 3 is 3.22 bits per heavy atom. The molecule has 0 aromatic carbocycles. The minimum absolute atomic E-state index is 0.471. The summed E-state index contributed by atoms with van der Waals surface area (Å²) in [4.78, 5) is 14.4. The summed E-state index contributed by atoms with van der Waals surface area (Å²) in [6, 6.07) is 4.44. The van der Waals surface area contributed by atoms with Crippen LogP contribution in [-0.2, 0) is 0 Å². The van der Waals surface area contributed by atoms with Crippen LogP contribution in [0.2, 0.25) is 0 Å². The average Bonchev–Trinajstić information content (AvgIpc) is 2.94. The molecule has 23 heavy (non-hydrogen) atoms. The third kappa shape index (κ3) is 2.59. The number of hydrogen-bond acceptors (Lipinski definition) is 5. The van der Waals surface area contributed by atoms with Gasteiger partial charge in [-0.2, -0.15) is 0 Å². The number of aromatic nitrogens is 3. The molecule has 1 saturated heterocycles. The van der Waals surface area contributed by atoms with Crippen molar-refractivity contribution in [1.29, 1.82) is 0 Å². The van der Waals surface area contributed by atoms with Crippen LogP contribution in [0.1, 0.15) is 19.8 Å². The molecule has 3 aromatic rings. The van der Waals surface area contributed by atoms with Crippen LogP contribution in [0.15, 0.2) is 24.5 Å². The number of hydrogen-bond donors (Lipinski definition) is 3. The first-order valence-electron chi connectivity index (χ1n) is 8.25. The summed E-state index contributed by atoms with van der Waals surface area (Å²) in [5.74, 6) is 0.531. The highest BCUT2D eigenvalue weighted by Crippen LogP contribution is 2.31. The maximum atomic E-state index is 5.87. The molecule has 0 spiro atoms. The number of nitrogens with zero attached hydrogens (tertiary/aromatic N) is 3. The summed E-state index contributed by atoms with van der Waals surface area (Å²) >= 11 is 0. The second kappa shape index (κ2) is 5.70. The number of aromatic amines is 1. The van der Waals surface area contributed by atoms with Gasteiger partial charge in [-0.15, -0.1) is 0 Å². The van der Waals surface area contributed by atoms with Gasteiger partial charge in [0.2, 0.25) is 0 Å². The summed E-state index contributed by atoms with van der Waals surface area (Å²) in [5, 5.41) is 5.90. The van der Waals surface area contributed by atoms with Gasteiger partial charge in [0.1, 0.15) is 11.5 Å². The van der Waals surface area contributed by atoms with Gasteiger partial charge < -0.3 is 20.9 Å². The molecule has 6 nitrogen and oxygen atoms in total. The number of likely N-dealkylation sites (tertiary alicyclic amines) is 1. The molecule has 6 heteroatoms. The van der Waals surface area contributed by atoms with Gasteiger partial charge in [-0.25, -0.2) is 9.97 Å². The SMILES string of the molecule is CCN1CCC[C@H](Nc2ccnc3[nH]c4cnc(N)cc4c23)C1. The van der Waals surface area contributed by atoms with E-state index in [0.717, 1.165) is 40.7 Å². The number of nitrogens with one attached hydrogen (secondary N) is 2. The fraction of sp³-hybridized carbons (Fsp3) is 0.412. The maximum Gasteiger partial charge on any atom is 0.140 e. The van der Waals surface area contributed by atoms with E-state index in [-0.39, 0.29) is 0 Å². The minimum atomic E-state index is 0.471. The fourth-order valence-electron chi connectivity index (χ4n) is 3.54. The van der Waals surface area contributed by atoms with E-state index >= 15 is 0 Å². The molecule has 3 aromatic heterocycles. The van der Waals surface area contributed by atoms with Gasteiger partial charge in [0.15, 0.2) is 0 Å². The molecule has 1 atom stereocenters. The van der Waals surface area contributed by atoms with Crippen molar-refractivity contribution < 1.29 is 0 Å². The molecule has 0 bridgehead atoms. The molecule has 0 amide bonds. The van der Waals surface area contributed by atoms with Gasteiger partial charge >= 0.3 is 0 Å². The highest BCUT2D eigenvalue weighted by Gasteiger charge is 2.20. The van der Waals surface area contributed by atoms with E-state index in [9.17, 15) is 0 Å². The number of rotatable bonds is 3. The van der Waals surface area contributed by atoms with Crippen molar-refractivity contribution in [2.45, 2.75) is 25.8 Å². The Labute approximate surface area is 135 Å². The maximum absolute atomic E-state index is 5.87. The third-order valence-electron chi connectivity index (χ3n) is 4.71. The van der Waals surface area contributed by atoms with Gasteiger partial charge in [-0.05, 0) is 38.1 Å². The third-order valence-corrected chi connectivity index (χ3v) is 4.71. The lowest BCUT2D eigenvalue weighted by Gasteiger charge is -2.33. The van der Waals surface area contributed by atoms with Crippen molar-refractivity contribution >= 4 is 33.4 Å². The van der Waals surface area contributed by atoms with E-state index in [1.807, 2.05) is 12.3 Å². The number of pyridine rings is 2. The Morgan fingerprint density at radius 2 is 2.35 bits per heavy atom. The molecule has 0 radical (unpaired) electrons. The van der Waals surface area contributed by atoms with Crippen LogP contribution >= 0.6 is 0 Å². The van der Waals surface area contributed by atoms with Crippen LogP contribution in [0, 0.1) is 0 Å². The van der Waals surface area contributed by atoms with Crippen molar-refractivity contribution in [3.63, 3.8) is 0 Å². The summed E-state index contributed by atoms with van der Waals surface area (Å²) in [6.07, 6.45) is 6.06. The first-order chi connectivity index (χ1) is 11.2. The van der Waals surface area contributed by atoms with Gasteiger partial charge in [0.25, 0.3) is 0 Å². The zero-order chi connectivity index (χ0) is 15.8. The molecule has 120 valence electrons. The summed E-state index contributed by atoms with van der Waals surface area (Å²) in [7, 11) is 0. The monoisotopic (exact) mass is 310 g/mol. The lowest BCUT2D eigenvalue weighted by atomic mass is 10.0. The molecular formula is C17H22N6. The Morgan fingerprint density at radius 1 is 1.43 bits per heavy atom. The lowest BCUT2D eigenvalue weighted by Crippen LogP contribution is -2.41. The van der Waals surface area contributed by atoms with Crippen molar-refractivity contribution in [3.8, 4) is 0 Å². The second-order valence-corrected chi connectivity index (χ2v) is 6.24. The van der Waals surface area contributed by atoms with Crippen LogP contribution in [0.4, 0.5) is 11.5 Å². The predicted molar refractivity (Wildman–Crippen MR) is 94.6 cm³/mol. The molecule has 0 aliphatic carbocycles. The average molecular weight is 310 g/mol. The molecular weight excluding hydrogens is 288 g/mol. The van der Waals surface area contributed by atoms with Gasteiger partial charge in [0, 0.05) is 35.2 Å². The topological polar surface area (TPSA) is 82.9 Å². The number of nitrogens with two attached hydrogens (primary N) is 1. The van der Waals surface area contributed by atoms with Crippen molar-refractivity contribution in [3.05, 3.63) is 24.5 Å². The molecule has 0 unspecified atom stereocenters. The summed E-state index contributed by atoms with van der Waals surface area (Å²) in [5.41, 5.74) is 8.84. The summed E-state index contributed by atoms with van der Waals surface area (Å²) < 4.78 is 0. The standard InChI is InChI=1S/C17H22N6/c1-2-23-7-3-4-11(10-23)21-13-5-6-19-17-16(13)12-8-15(18)20-9-14(12)22-17/h5-6,8-9,11H,2-4,7,10H2,1H3,(H2,18,20)(H2,19,21,22)/t11-/m0/s1. The predicted octanol–water partition coefficient (Wildman–Crippen LogP) is 2.59. The highest BCUT2D eigenvalue weighted by molar-refractivity contribution is 6.12. The van der Waals surface area contributed by atoms with Crippen molar-refractivity contribution in [2.75, 3.05) is 30.7 Å². The molecule has 1 fully saturated rings. The van der Waals surface area contributed by atoms with E-state index in [0.29, 0.717) is 11.9 Å². The number of likely N-dealkylation sites (N-methyl/N-ethyl adjacent to an activating group) is 1. The van der Waals surface area contributed by atoms with Crippen molar-refractivity contribution in [2.24, 2.45) is 0 Å². The molecule has 1 aliphatic rings. The normalized spacial score (nSPS) is 19.4. The van der Waals surface area contributed by atoms with E-state index in [1.165, 1.54) is 19.4 Å². The molecule has 4 heterocycles. The quantitative estimate of drug-likeness (QED) is 0.692.